The van der Waals surface area contributed by atoms with Crippen molar-refractivity contribution < 1.29 is 108 Å². The van der Waals surface area contributed by atoms with Crippen molar-refractivity contribution in [3.63, 3.8) is 0 Å². The van der Waals surface area contributed by atoms with Crippen LogP contribution in [-0.2, 0) is 70.9 Å². The van der Waals surface area contributed by atoms with E-state index in [4.69, 9.17) is 61.9 Å². The van der Waals surface area contributed by atoms with E-state index in [1.807, 2.05) is 27.7 Å². The molecular formula is C65H87N5O23S2. The van der Waals surface area contributed by atoms with Gasteiger partial charge in [-0.3, -0.25) is 9.59 Å². The lowest BCUT2D eigenvalue weighted by molar-refractivity contribution is -0.137. The van der Waals surface area contributed by atoms with Crippen LogP contribution in [0, 0.1) is 23.7 Å². The van der Waals surface area contributed by atoms with Gasteiger partial charge in [0.05, 0.1) is 85.6 Å². The predicted octanol–water partition coefficient (Wildman–Crippen LogP) is 5.19. The second-order valence-electron chi connectivity index (χ2n) is 24.7. The predicted molar refractivity (Wildman–Crippen MR) is 338 cm³/mol. The highest BCUT2D eigenvalue weighted by atomic mass is 32.2. The Kier molecular flexibility index (Phi) is 25.5. The first-order valence-electron chi connectivity index (χ1n) is 31.9. The molecule has 0 saturated carbocycles. The molecule has 10 atom stereocenters. The molecule has 0 radical (unpaired) electrons. The van der Waals surface area contributed by atoms with Crippen LogP contribution < -0.4 is 44.4 Å². The first-order chi connectivity index (χ1) is 45.5. The number of carbonyl (C=O) groups is 4. The van der Waals surface area contributed by atoms with Gasteiger partial charge in [0.2, 0.25) is 39.5 Å². The number of fused-ring (bicyclic) bond motifs is 4. The fraction of sp³-hybridized carbons (Fsp3) is 0.569. The van der Waals surface area contributed by atoms with Crippen molar-refractivity contribution in [2.45, 2.75) is 138 Å². The molecule has 0 aliphatic carbocycles. The van der Waals surface area contributed by atoms with E-state index < -0.39 is 87.3 Å². The molecule has 522 valence electrons. The number of carboxylic acid groups (broad SMARTS) is 1. The third kappa shape index (κ3) is 19.9. The van der Waals surface area contributed by atoms with E-state index in [9.17, 15) is 46.2 Å². The first-order valence-corrected chi connectivity index (χ1v) is 34.8. The van der Waals surface area contributed by atoms with Gasteiger partial charge >= 0.3 is 18.2 Å². The molecule has 0 aromatic heterocycles. The van der Waals surface area contributed by atoms with Gasteiger partial charge in [0, 0.05) is 58.2 Å². The minimum Gasteiger partial charge on any atom is -0.494 e. The van der Waals surface area contributed by atoms with Gasteiger partial charge in [-0.1, -0.05) is 52.0 Å². The smallest absolute Gasteiger partial charge is 0.407 e. The standard InChI is InChI=1S/C33H45N3O11S.C32H42N2O12S/c1-21(2)17-36(48(40,41)24-10-11-28-29(16-24)46-20-45-28)18-27(37)26(35-33(39)47-30-19-44-32-25(30)12-14-43-32)15-22-6-8-23(9-7-22)42-13-4-5-31(38)34-3;1-20(2)16-34(47(39,40)23-9-10-27-28(15-23)45-19-44-27)17-26(35)25(33-32(38)46-29-18-43-31-24(29)11-13-42-31)14-21-5-7-22(8-6-21)41-12-3-4-30(36)37/h6-11,16,21,25-27,30,32,37H,4-5,12-15,17-20H2,1-3H3,(H,34,38)(H,35,39);5-10,15,20,24-26,29,31,35H,3-4,11-14,16-19H2,1-2H3,(H,33,38)(H,36,37)/t25-,26-,27+,30-,32+;24-,25-,26+,29-,31+/m00/s1. The molecule has 10 rings (SSSR count). The summed E-state index contributed by atoms with van der Waals surface area (Å²) in [4.78, 5) is 48.6. The SMILES string of the molecule is CC(C)CN(C[C@@H](O)[C@H](Cc1ccc(OCCCC(=O)O)cc1)NC(=O)O[C@H]1CO[C@H]2OCC[C@H]21)S(=O)(=O)c1ccc2c(c1)OCO2.CNC(=O)CCCOc1ccc(C[C@H](NC(=O)O[C@H]2CO[C@H]3OCC[C@H]32)[C@H](O)CN(CC(C)C)S(=O)(=O)c2ccc3c(c2)OCO3)cc1. The average Bonchev–Trinajstić information content (AvgIpc) is 1.82. The number of benzene rings is 4. The van der Waals surface area contributed by atoms with Crippen molar-refractivity contribution >= 4 is 44.1 Å². The summed E-state index contributed by atoms with van der Waals surface area (Å²) in [6.45, 7) is 9.18. The molecule has 0 bridgehead atoms. The summed E-state index contributed by atoms with van der Waals surface area (Å²) < 4.78 is 124. The number of carboxylic acids is 1. The number of aliphatic carboxylic acids is 1. The quantitative estimate of drug-likeness (QED) is 0.0342. The Bertz CT molecular complexity index is 3440. The summed E-state index contributed by atoms with van der Waals surface area (Å²) in [6.07, 6.45) is -3.00. The van der Waals surface area contributed by atoms with Gasteiger partial charge in [-0.15, -0.1) is 0 Å². The van der Waals surface area contributed by atoms with Crippen molar-refractivity contribution in [2.24, 2.45) is 23.7 Å². The van der Waals surface area contributed by atoms with Gasteiger partial charge in [-0.25, -0.2) is 26.4 Å². The van der Waals surface area contributed by atoms with Crippen LogP contribution in [0.3, 0.4) is 0 Å². The number of hydrogen-bond acceptors (Lipinski definition) is 22. The van der Waals surface area contributed by atoms with Crippen LogP contribution in [0.15, 0.2) is 94.7 Å². The van der Waals surface area contributed by atoms with Crippen molar-refractivity contribution in [2.75, 3.05) is 86.5 Å². The topological polar surface area (TPSA) is 351 Å². The number of ether oxygens (including phenoxy) is 12. The van der Waals surface area contributed by atoms with E-state index in [2.05, 4.69) is 16.0 Å². The van der Waals surface area contributed by atoms with E-state index in [-0.39, 0.29) is 118 Å². The van der Waals surface area contributed by atoms with Crippen LogP contribution in [0.2, 0.25) is 0 Å². The van der Waals surface area contributed by atoms with Crippen LogP contribution in [-0.4, -0.2) is 200 Å². The number of nitrogens with one attached hydrogen (secondary N) is 3. The maximum atomic E-state index is 13.9. The maximum absolute atomic E-state index is 13.9. The number of aliphatic hydroxyl groups is 2. The van der Waals surface area contributed by atoms with Gasteiger partial charge in [-0.2, -0.15) is 8.61 Å². The molecule has 6 heterocycles. The molecule has 0 unspecified atom stereocenters. The molecule has 28 nitrogen and oxygen atoms in total. The van der Waals surface area contributed by atoms with Crippen LogP contribution in [0.25, 0.3) is 0 Å². The molecular weight excluding hydrogens is 1280 g/mol. The summed E-state index contributed by atoms with van der Waals surface area (Å²) in [7, 11) is -6.58. The largest absolute Gasteiger partial charge is 0.494 e. The Morgan fingerprint density at radius 2 is 0.968 bits per heavy atom. The Balaban J connectivity index is 0.000000223. The summed E-state index contributed by atoms with van der Waals surface area (Å²) in [6, 6.07) is 21.0. The highest BCUT2D eigenvalue weighted by Crippen LogP contribution is 2.38. The Morgan fingerprint density at radius 1 is 0.558 bits per heavy atom. The molecule has 30 heteroatoms. The highest BCUT2D eigenvalue weighted by Gasteiger charge is 2.46. The number of sulfonamides is 2. The monoisotopic (exact) mass is 1370 g/mol. The zero-order valence-electron chi connectivity index (χ0n) is 53.9. The summed E-state index contributed by atoms with van der Waals surface area (Å²) in [5.41, 5.74) is 1.49. The maximum Gasteiger partial charge on any atom is 0.407 e. The van der Waals surface area contributed by atoms with Crippen LogP contribution in [0.1, 0.15) is 77.3 Å². The molecule has 6 aliphatic heterocycles. The summed E-state index contributed by atoms with van der Waals surface area (Å²) >= 11 is 0. The van der Waals surface area contributed by atoms with Gasteiger partial charge in [-0.05, 0) is 110 Å². The number of rotatable bonds is 32. The number of hydrogen-bond donors (Lipinski definition) is 6. The molecule has 6 N–H and O–H groups in total. The molecule has 4 saturated heterocycles. The van der Waals surface area contributed by atoms with E-state index in [0.717, 1.165) is 11.1 Å². The second-order valence-corrected chi connectivity index (χ2v) is 28.6. The molecule has 6 aliphatic rings. The van der Waals surface area contributed by atoms with E-state index in [0.29, 0.717) is 86.4 Å². The van der Waals surface area contributed by atoms with Crippen molar-refractivity contribution in [1.29, 1.82) is 0 Å². The Hall–Kier alpha value is -7.26. The summed E-state index contributed by atoms with van der Waals surface area (Å²) in [5, 5.41) is 40.2. The number of aliphatic hydroxyl groups excluding tert-OH is 2. The first kappa shape index (κ1) is 72.0. The lowest BCUT2D eigenvalue weighted by Gasteiger charge is -2.31. The Morgan fingerprint density at radius 3 is 1.37 bits per heavy atom. The van der Waals surface area contributed by atoms with E-state index >= 15 is 0 Å². The normalized spacial score (nSPS) is 21.3. The molecule has 4 aromatic carbocycles. The van der Waals surface area contributed by atoms with Crippen LogP contribution in [0.5, 0.6) is 34.5 Å². The van der Waals surface area contributed by atoms with Gasteiger partial charge < -0.3 is 88.1 Å². The fourth-order valence-corrected chi connectivity index (χ4v) is 14.9. The third-order valence-corrected chi connectivity index (χ3v) is 20.2. The number of amides is 3. The molecule has 3 amide bonds. The molecule has 95 heavy (non-hydrogen) atoms. The van der Waals surface area contributed by atoms with Crippen molar-refractivity contribution in [1.82, 2.24) is 24.6 Å². The van der Waals surface area contributed by atoms with Crippen molar-refractivity contribution in [3.8, 4) is 34.5 Å². The molecule has 4 aromatic rings. The van der Waals surface area contributed by atoms with Crippen LogP contribution >= 0.6 is 0 Å². The van der Waals surface area contributed by atoms with Crippen LogP contribution in [0.4, 0.5) is 9.59 Å². The second kappa shape index (κ2) is 33.6. The number of carbonyl (C=O) groups excluding carboxylic acids is 3. The molecule has 4 fully saturated rings. The van der Waals surface area contributed by atoms with E-state index in [1.165, 1.54) is 38.9 Å². The molecule has 0 spiro atoms. The Labute approximate surface area is 553 Å². The number of alkyl carbamates (subject to hydrolysis) is 2. The minimum absolute atomic E-state index is 0.000950. The average molecular weight is 1370 g/mol. The zero-order chi connectivity index (χ0) is 67.8. The van der Waals surface area contributed by atoms with Crippen molar-refractivity contribution in [3.05, 3.63) is 96.1 Å². The fourth-order valence-electron chi connectivity index (χ4n) is 11.6. The van der Waals surface area contributed by atoms with Gasteiger partial charge in [0.15, 0.2) is 35.6 Å². The summed E-state index contributed by atoms with van der Waals surface area (Å²) in [5.74, 6) is 1.44. The zero-order valence-corrected chi connectivity index (χ0v) is 55.5. The van der Waals surface area contributed by atoms with Gasteiger partial charge in [0.1, 0.15) is 23.7 Å². The minimum atomic E-state index is -4.09. The number of nitrogens with zero attached hydrogens (tertiary/aromatic N) is 2. The third-order valence-electron chi connectivity index (χ3n) is 16.6. The lowest BCUT2D eigenvalue weighted by Crippen LogP contribution is -2.51. The highest BCUT2D eigenvalue weighted by molar-refractivity contribution is 7.89. The van der Waals surface area contributed by atoms with E-state index in [1.54, 1.807) is 61.6 Å². The van der Waals surface area contributed by atoms with Gasteiger partial charge in [0.25, 0.3) is 0 Å². The lowest BCUT2D eigenvalue weighted by atomic mass is 10.0.